The number of nitrogens with zero attached hydrogens (tertiary/aromatic N) is 3. The summed E-state index contributed by atoms with van der Waals surface area (Å²) in [7, 11) is 0. The Balaban J connectivity index is 1.45. The number of ether oxygens (including phenoxy) is 1. The number of halogens is 2. The van der Waals surface area contributed by atoms with Crippen LogP contribution in [0.5, 0.6) is 0 Å². The molecule has 32 heavy (non-hydrogen) atoms. The molecule has 1 saturated carbocycles. The van der Waals surface area contributed by atoms with Crippen LogP contribution in [0.3, 0.4) is 0 Å². The van der Waals surface area contributed by atoms with Crippen molar-refractivity contribution in [3.8, 4) is 17.3 Å². The van der Waals surface area contributed by atoms with Gasteiger partial charge < -0.3 is 15.4 Å². The van der Waals surface area contributed by atoms with E-state index in [1.807, 2.05) is 24.3 Å². The van der Waals surface area contributed by atoms with Crippen LogP contribution in [0.25, 0.3) is 11.3 Å². The Morgan fingerprint density at radius 2 is 1.97 bits per heavy atom. The predicted molar refractivity (Wildman–Crippen MR) is 137 cm³/mol. The van der Waals surface area contributed by atoms with E-state index in [4.69, 9.17) is 21.3 Å². The highest BCUT2D eigenvalue weighted by Gasteiger charge is 2.32. The van der Waals surface area contributed by atoms with Crippen molar-refractivity contribution in [2.45, 2.75) is 44.6 Å². The van der Waals surface area contributed by atoms with Gasteiger partial charge in [-0.3, -0.25) is 0 Å². The van der Waals surface area contributed by atoms with Gasteiger partial charge in [-0.15, -0.1) is 0 Å². The number of nitriles is 1. The average molecular weight is 566 g/mol. The van der Waals surface area contributed by atoms with Crippen molar-refractivity contribution in [3.63, 3.8) is 0 Å². The molecule has 1 aliphatic carbocycles. The van der Waals surface area contributed by atoms with Crippen molar-refractivity contribution in [3.05, 3.63) is 35.5 Å². The molecule has 0 radical (unpaired) electrons. The maximum atomic E-state index is 9.68. The maximum Gasteiger partial charge on any atom is 0.126 e. The third-order valence-corrected chi connectivity index (χ3v) is 8.14. The highest BCUT2D eigenvalue weighted by atomic mass is 127. The quantitative estimate of drug-likeness (QED) is 0.320. The van der Waals surface area contributed by atoms with Crippen LogP contribution < -0.4 is 10.6 Å². The lowest BCUT2D eigenvalue weighted by atomic mass is 9.82. The molecule has 0 bridgehead atoms. The number of rotatable bonds is 7. The van der Waals surface area contributed by atoms with Crippen LogP contribution in [-0.4, -0.2) is 40.2 Å². The molecule has 6 nitrogen and oxygen atoms in total. The van der Waals surface area contributed by atoms with Gasteiger partial charge in [-0.05, 0) is 62.6 Å². The highest BCUT2D eigenvalue weighted by Crippen LogP contribution is 2.33. The first-order valence-corrected chi connectivity index (χ1v) is 13.2. The third kappa shape index (κ3) is 5.83. The molecule has 2 fully saturated rings. The van der Waals surface area contributed by atoms with E-state index in [1.165, 1.54) is 30.1 Å². The second-order valence-electron chi connectivity index (χ2n) is 8.83. The zero-order valence-corrected chi connectivity index (χ0v) is 21.0. The largest absolute Gasteiger partial charge is 0.381 e. The molecule has 2 aliphatic rings. The second-order valence-corrected chi connectivity index (χ2v) is 10.1. The Morgan fingerprint density at radius 3 is 2.69 bits per heavy atom. The molecule has 0 spiro atoms. The lowest BCUT2D eigenvalue weighted by molar-refractivity contribution is 0.0455. The van der Waals surface area contributed by atoms with Crippen LogP contribution in [0.15, 0.2) is 30.5 Å². The van der Waals surface area contributed by atoms with Crippen LogP contribution in [0, 0.1) is 22.7 Å². The molecule has 170 valence electrons. The first kappa shape index (κ1) is 23.5. The Hall–Kier alpha value is -1.63. The molecule has 1 saturated heterocycles. The van der Waals surface area contributed by atoms with E-state index in [0.717, 1.165) is 41.7 Å². The van der Waals surface area contributed by atoms with E-state index >= 15 is 0 Å². The maximum absolute atomic E-state index is 9.68. The van der Waals surface area contributed by atoms with E-state index < -0.39 is 5.41 Å². The summed E-state index contributed by atoms with van der Waals surface area (Å²) in [6.07, 6.45) is 8.07. The number of pyridine rings is 2. The fourth-order valence-electron chi connectivity index (χ4n) is 4.42. The van der Waals surface area contributed by atoms with Gasteiger partial charge in [0.15, 0.2) is 0 Å². The summed E-state index contributed by atoms with van der Waals surface area (Å²) < 4.78 is 6.67. The zero-order chi connectivity index (χ0) is 22.4. The smallest absolute Gasteiger partial charge is 0.126 e. The fourth-order valence-corrected chi connectivity index (χ4v) is 5.50. The average Bonchev–Trinajstić information content (AvgIpc) is 2.85. The molecule has 2 N–H and O–H groups in total. The summed E-state index contributed by atoms with van der Waals surface area (Å²) in [5.74, 6) is 2.43. The minimum atomic E-state index is -0.405. The van der Waals surface area contributed by atoms with Gasteiger partial charge in [-0.2, -0.15) is 5.26 Å². The SMILES string of the molecule is N#CC1(CNc2cccc(-c3cc(N[C@H]4CC[C@H](CI)CC4)ncc3Cl)n2)CCOCC1. The van der Waals surface area contributed by atoms with Gasteiger partial charge in [0.1, 0.15) is 11.6 Å². The van der Waals surface area contributed by atoms with Crippen LogP contribution in [-0.2, 0) is 4.74 Å². The minimum Gasteiger partial charge on any atom is -0.381 e. The van der Waals surface area contributed by atoms with Gasteiger partial charge in [0.2, 0.25) is 0 Å². The van der Waals surface area contributed by atoms with Crippen molar-refractivity contribution in [1.29, 1.82) is 5.26 Å². The number of nitrogens with one attached hydrogen (secondary N) is 2. The number of hydrogen-bond donors (Lipinski definition) is 2. The van der Waals surface area contributed by atoms with E-state index in [9.17, 15) is 5.26 Å². The lowest BCUT2D eigenvalue weighted by Crippen LogP contribution is -2.34. The summed E-state index contributed by atoms with van der Waals surface area (Å²) in [6.45, 7) is 1.82. The molecule has 0 atom stereocenters. The monoisotopic (exact) mass is 565 g/mol. The molecule has 0 amide bonds. The standard InChI is InChI=1S/C24H29ClIN5O/c25-20-14-28-23(30-18-6-4-17(13-26)5-7-18)12-19(20)21-2-1-3-22(31-21)29-16-24(15-27)8-10-32-11-9-24/h1-3,12,14,17-18H,4-11,13,16H2,(H,28,30)(H,29,31)/t17-,18-. The number of alkyl halides is 1. The minimum absolute atomic E-state index is 0.405. The molecule has 2 aromatic rings. The number of aromatic nitrogens is 2. The van der Waals surface area contributed by atoms with Gasteiger partial charge in [0.05, 0.1) is 22.2 Å². The summed E-state index contributed by atoms with van der Waals surface area (Å²) >= 11 is 8.99. The van der Waals surface area contributed by atoms with E-state index in [2.05, 4.69) is 44.3 Å². The molecular weight excluding hydrogens is 537 g/mol. The van der Waals surface area contributed by atoms with Crippen molar-refractivity contribution < 1.29 is 4.74 Å². The topological polar surface area (TPSA) is 82.9 Å². The first-order valence-electron chi connectivity index (χ1n) is 11.3. The van der Waals surface area contributed by atoms with Gasteiger partial charge in [-0.25, -0.2) is 9.97 Å². The lowest BCUT2D eigenvalue weighted by Gasteiger charge is -2.30. The first-order chi connectivity index (χ1) is 15.6. The van der Waals surface area contributed by atoms with Crippen LogP contribution in [0.1, 0.15) is 38.5 Å². The van der Waals surface area contributed by atoms with Crippen LogP contribution in [0.2, 0.25) is 5.02 Å². The van der Waals surface area contributed by atoms with Crippen molar-refractivity contribution in [2.75, 3.05) is 34.8 Å². The molecular formula is C24H29ClIN5O. The van der Waals surface area contributed by atoms with Crippen LogP contribution >= 0.6 is 34.2 Å². The summed E-state index contributed by atoms with van der Waals surface area (Å²) in [5.41, 5.74) is 1.24. The van der Waals surface area contributed by atoms with E-state index in [-0.39, 0.29) is 0 Å². The molecule has 0 unspecified atom stereocenters. The zero-order valence-electron chi connectivity index (χ0n) is 18.1. The Morgan fingerprint density at radius 1 is 1.19 bits per heavy atom. The van der Waals surface area contributed by atoms with E-state index in [0.29, 0.717) is 30.8 Å². The summed E-state index contributed by atoms with van der Waals surface area (Å²) in [6, 6.07) is 10.8. The molecule has 8 heteroatoms. The molecule has 1 aliphatic heterocycles. The number of hydrogen-bond acceptors (Lipinski definition) is 6. The van der Waals surface area contributed by atoms with Crippen molar-refractivity contribution in [1.82, 2.24) is 9.97 Å². The Labute approximate surface area is 208 Å². The summed E-state index contributed by atoms with van der Waals surface area (Å²) in [5, 5.41) is 17.2. The van der Waals surface area contributed by atoms with E-state index in [1.54, 1.807) is 6.20 Å². The van der Waals surface area contributed by atoms with Gasteiger partial charge in [-0.1, -0.05) is 40.3 Å². The molecule has 3 heterocycles. The van der Waals surface area contributed by atoms with Gasteiger partial charge >= 0.3 is 0 Å². The molecule has 0 aromatic carbocycles. The van der Waals surface area contributed by atoms with Crippen LogP contribution in [0.4, 0.5) is 11.6 Å². The molecule has 4 rings (SSSR count). The fraction of sp³-hybridized carbons (Fsp3) is 0.542. The Bertz CT molecular complexity index is 952. The summed E-state index contributed by atoms with van der Waals surface area (Å²) in [4.78, 5) is 9.27. The normalized spacial score (nSPS) is 22.7. The highest BCUT2D eigenvalue weighted by molar-refractivity contribution is 14.1. The Kier molecular flexibility index (Phi) is 8.08. The van der Waals surface area contributed by atoms with Crippen molar-refractivity contribution >= 4 is 45.8 Å². The van der Waals surface area contributed by atoms with Gasteiger partial charge in [0.25, 0.3) is 0 Å². The third-order valence-electron chi connectivity index (χ3n) is 6.59. The predicted octanol–water partition coefficient (Wildman–Crippen LogP) is 5.93. The van der Waals surface area contributed by atoms with Gasteiger partial charge in [0, 0.05) is 42.0 Å². The van der Waals surface area contributed by atoms with Crippen molar-refractivity contribution in [2.24, 2.45) is 11.3 Å². The second kappa shape index (κ2) is 11.0. The number of anilines is 2. The molecule has 2 aromatic heterocycles.